The summed E-state index contributed by atoms with van der Waals surface area (Å²) >= 11 is 0. The van der Waals surface area contributed by atoms with Gasteiger partial charge < -0.3 is 14.4 Å². The second-order valence-corrected chi connectivity index (χ2v) is 11.3. The van der Waals surface area contributed by atoms with E-state index in [1.54, 1.807) is 4.90 Å². The molecule has 180 valence electrons. The van der Waals surface area contributed by atoms with Gasteiger partial charge in [0.15, 0.2) is 27.2 Å². The number of ether oxygens (including phenoxy) is 2. The smallest absolute Gasteiger partial charge is 0.410 e. The van der Waals surface area contributed by atoms with Crippen LogP contribution >= 0.6 is 0 Å². The highest BCUT2D eigenvalue weighted by atomic mass is 32.2. The molecule has 0 spiro atoms. The SMILES string of the molecule is CC(C)(C)OC(=O)N1CCC(COc2c(F)cc(-c3ccc(S(C)(=O)=O)cc3)cc2F)CC1. The normalized spacial score (nSPS) is 15.4. The number of hydrogen-bond acceptors (Lipinski definition) is 5. The molecule has 0 N–H and O–H groups in total. The second-order valence-electron chi connectivity index (χ2n) is 9.29. The maximum atomic E-state index is 14.6. The van der Waals surface area contributed by atoms with Crippen molar-refractivity contribution in [2.45, 2.75) is 44.1 Å². The van der Waals surface area contributed by atoms with Crippen molar-refractivity contribution in [3.63, 3.8) is 0 Å². The molecule has 0 aliphatic carbocycles. The van der Waals surface area contributed by atoms with Crippen LogP contribution in [0.5, 0.6) is 5.75 Å². The third kappa shape index (κ3) is 6.66. The lowest BCUT2D eigenvalue weighted by Gasteiger charge is -2.33. The van der Waals surface area contributed by atoms with Crippen LogP contribution in [0.4, 0.5) is 13.6 Å². The second kappa shape index (κ2) is 9.67. The Balaban J connectivity index is 1.60. The van der Waals surface area contributed by atoms with Crippen molar-refractivity contribution in [3.8, 4) is 16.9 Å². The van der Waals surface area contributed by atoms with Gasteiger partial charge in [-0.15, -0.1) is 0 Å². The van der Waals surface area contributed by atoms with Gasteiger partial charge in [-0.25, -0.2) is 22.0 Å². The van der Waals surface area contributed by atoms with Crippen molar-refractivity contribution >= 4 is 15.9 Å². The Morgan fingerprint density at radius 2 is 1.58 bits per heavy atom. The van der Waals surface area contributed by atoms with Crippen LogP contribution in [0.1, 0.15) is 33.6 Å². The summed E-state index contributed by atoms with van der Waals surface area (Å²) in [5.41, 5.74) is 0.206. The zero-order valence-electron chi connectivity index (χ0n) is 19.2. The third-order valence-electron chi connectivity index (χ3n) is 5.34. The quantitative estimate of drug-likeness (QED) is 0.597. The first-order chi connectivity index (χ1) is 15.3. The minimum Gasteiger partial charge on any atom is -0.487 e. The number of amides is 1. The Labute approximate surface area is 193 Å². The molecule has 0 saturated carbocycles. The van der Waals surface area contributed by atoms with E-state index in [1.165, 1.54) is 36.4 Å². The van der Waals surface area contributed by atoms with Crippen molar-refractivity contribution in [2.75, 3.05) is 26.0 Å². The highest BCUT2D eigenvalue weighted by Gasteiger charge is 2.27. The number of rotatable bonds is 5. The van der Waals surface area contributed by atoms with Crippen LogP contribution in [0, 0.1) is 17.6 Å². The van der Waals surface area contributed by atoms with Gasteiger partial charge in [-0.1, -0.05) is 12.1 Å². The Bertz CT molecular complexity index is 1080. The molecule has 33 heavy (non-hydrogen) atoms. The highest BCUT2D eigenvalue weighted by molar-refractivity contribution is 7.90. The molecule has 2 aromatic carbocycles. The lowest BCUT2D eigenvalue weighted by atomic mass is 9.98. The van der Waals surface area contributed by atoms with Gasteiger partial charge in [0.2, 0.25) is 0 Å². The fraction of sp³-hybridized carbons (Fsp3) is 0.458. The predicted octanol–water partition coefficient (Wildman–Crippen LogP) is 5.06. The fourth-order valence-electron chi connectivity index (χ4n) is 3.57. The standard InChI is InChI=1S/C24H29F2NO5S/c1-24(2,3)32-23(28)27-11-9-16(10-12-27)15-31-22-20(25)13-18(14-21(22)26)17-5-7-19(8-6-17)33(4,29)30/h5-8,13-14,16H,9-12,15H2,1-4H3. The highest BCUT2D eigenvalue weighted by Crippen LogP contribution is 2.31. The summed E-state index contributed by atoms with van der Waals surface area (Å²) in [6.07, 6.45) is 2.02. The molecule has 1 saturated heterocycles. The van der Waals surface area contributed by atoms with E-state index in [1.807, 2.05) is 20.8 Å². The van der Waals surface area contributed by atoms with E-state index in [0.717, 1.165) is 6.26 Å². The van der Waals surface area contributed by atoms with Gasteiger partial charge in [0, 0.05) is 19.3 Å². The summed E-state index contributed by atoms with van der Waals surface area (Å²) in [5.74, 6) is -2.04. The lowest BCUT2D eigenvalue weighted by Crippen LogP contribution is -2.42. The first-order valence-electron chi connectivity index (χ1n) is 10.7. The van der Waals surface area contributed by atoms with E-state index >= 15 is 0 Å². The number of benzene rings is 2. The monoisotopic (exact) mass is 481 g/mol. The van der Waals surface area contributed by atoms with Gasteiger partial charge in [0.25, 0.3) is 0 Å². The number of carbonyl (C=O) groups is 1. The van der Waals surface area contributed by atoms with Crippen LogP contribution in [0.25, 0.3) is 11.1 Å². The van der Waals surface area contributed by atoms with Crippen LogP contribution in [0.15, 0.2) is 41.3 Å². The molecule has 6 nitrogen and oxygen atoms in total. The number of carbonyl (C=O) groups excluding carboxylic acids is 1. The molecule has 1 fully saturated rings. The van der Waals surface area contributed by atoms with Gasteiger partial charge in [0.05, 0.1) is 11.5 Å². The maximum Gasteiger partial charge on any atom is 0.410 e. The van der Waals surface area contributed by atoms with Crippen molar-refractivity contribution < 1.29 is 31.5 Å². The first-order valence-corrected chi connectivity index (χ1v) is 12.6. The molecule has 0 radical (unpaired) electrons. The lowest BCUT2D eigenvalue weighted by molar-refractivity contribution is 0.0163. The molecule has 1 heterocycles. The van der Waals surface area contributed by atoms with Crippen LogP contribution in [-0.2, 0) is 14.6 Å². The van der Waals surface area contributed by atoms with Crippen LogP contribution in [0.3, 0.4) is 0 Å². The molecular weight excluding hydrogens is 452 g/mol. The molecular formula is C24H29F2NO5S. The van der Waals surface area contributed by atoms with Gasteiger partial charge in [-0.3, -0.25) is 0 Å². The van der Waals surface area contributed by atoms with Gasteiger partial charge in [-0.2, -0.15) is 0 Å². The fourth-order valence-corrected chi connectivity index (χ4v) is 4.20. The molecule has 1 aliphatic rings. The summed E-state index contributed by atoms with van der Waals surface area (Å²) in [7, 11) is -3.36. The average Bonchev–Trinajstić information content (AvgIpc) is 2.71. The Hall–Kier alpha value is -2.68. The Morgan fingerprint density at radius 3 is 2.06 bits per heavy atom. The van der Waals surface area contributed by atoms with Crippen molar-refractivity contribution in [1.29, 1.82) is 0 Å². The van der Waals surface area contributed by atoms with E-state index in [-0.39, 0.29) is 29.1 Å². The third-order valence-corrected chi connectivity index (χ3v) is 6.47. The first kappa shape index (κ1) is 25.0. The largest absolute Gasteiger partial charge is 0.487 e. The van der Waals surface area contributed by atoms with Gasteiger partial charge >= 0.3 is 6.09 Å². The van der Waals surface area contributed by atoms with Crippen LogP contribution < -0.4 is 4.74 Å². The van der Waals surface area contributed by atoms with E-state index < -0.39 is 32.8 Å². The number of hydrogen-bond donors (Lipinski definition) is 0. The topological polar surface area (TPSA) is 72.9 Å². The molecule has 0 unspecified atom stereocenters. The molecule has 0 aromatic heterocycles. The number of nitrogens with zero attached hydrogens (tertiary/aromatic N) is 1. The van der Waals surface area contributed by atoms with E-state index in [9.17, 15) is 22.0 Å². The number of likely N-dealkylation sites (tertiary alicyclic amines) is 1. The molecule has 0 atom stereocenters. The average molecular weight is 482 g/mol. The Kier molecular flexibility index (Phi) is 7.31. The zero-order chi connectivity index (χ0) is 24.4. The number of piperidine rings is 1. The summed E-state index contributed by atoms with van der Waals surface area (Å²) in [4.78, 5) is 13.9. The van der Waals surface area contributed by atoms with Crippen molar-refractivity contribution in [1.82, 2.24) is 4.90 Å². The van der Waals surface area contributed by atoms with Crippen molar-refractivity contribution in [2.24, 2.45) is 5.92 Å². The van der Waals surface area contributed by atoms with Gasteiger partial charge in [-0.05, 0) is 74.9 Å². The maximum absolute atomic E-state index is 14.6. The summed E-state index contributed by atoms with van der Waals surface area (Å²) in [5, 5.41) is 0. The number of sulfone groups is 1. The predicted molar refractivity (Wildman–Crippen MR) is 121 cm³/mol. The minimum atomic E-state index is -3.36. The van der Waals surface area contributed by atoms with E-state index in [0.29, 0.717) is 31.5 Å². The van der Waals surface area contributed by atoms with Gasteiger partial charge in [0.1, 0.15) is 5.60 Å². The molecule has 3 rings (SSSR count). The molecule has 1 amide bonds. The van der Waals surface area contributed by atoms with E-state index in [2.05, 4.69) is 0 Å². The molecule has 2 aromatic rings. The zero-order valence-corrected chi connectivity index (χ0v) is 20.0. The molecule has 1 aliphatic heterocycles. The Morgan fingerprint density at radius 1 is 1.03 bits per heavy atom. The minimum absolute atomic E-state index is 0.0608. The van der Waals surface area contributed by atoms with Crippen LogP contribution in [-0.4, -0.2) is 51.0 Å². The van der Waals surface area contributed by atoms with Crippen molar-refractivity contribution in [3.05, 3.63) is 48.0 Å². The molecule has 9 heteroatoms. The summed E-state index contributed by atoms with van der Waals surface area (Å²) < 4.78 is 63.2. The number of halogens is 2. The summed E-state index contributed by atoms with van der Waals surface area (Å²) in [6, 6.07) is 8.13. The van der Waals surface area contributed by atoms with E-state index in [4.69, 9.17) is 9.47 Å². The molecule has 0 bridgehead atoms. The van der Waals surface area contributed by atoms with Crippen LogP contribution in [0.2, 0.25) is 0 Å². The summed E-state index contributed by atoms with van der Waals surface area (Å²) in [6.45, 7) is 6.56.